The van der Waals surface area contributed by atoms with Gasteiger partial charge >= 0.3 is 0 Å². The SMILES string of the molecule is Cc1ccc(C(C)(C)c2ccc(Oc3cnc(-n4nccn4)c(F)c3)cc2)cc1. The van der Waals surface area contributed by atoms with Crippen molar-refractivity contribution in [3.05, 3.63) is 95.7 Å². The molecule has 0 aliphatic rings. The van der Waals surface area contributed by atoms with E-state index in [9.17, 15) is 4.39 Å². The number of nitrogens with zero attached hydrogens (tertiary/aromatic N) is 4. The molecule has 0 radical (unpaired) electrons. The van der Waals surface area contributed by atoms with Crippen molar-refractivity contribution in [2.75, 3.05) is 0 Å². The van der Waals surface area contributed by atoms with E-state index in [0.29, 0.717) is 11.5 Å². The van der Waals surface area contributed by atoms with Gasteiger partial charge in [-0.1, -0.05) is 55.8 Å². The Hall–Kier alpha value is -3.54. The Morgan fingerprint density at radius 2 is 1.45 bits per heavy atom. The highest BCUT2D eigenvalue weighted by atomic mass is 19.1. The lowest BCUT2D eigenvalue weighted by Gasteiger charge is -2.26. The van der Waals surface area contributed by atoms with Crippen molar-refractivity contribution >= 4 is 0 Å². The van der Waals surface area contributed by atoms with Crippen LogP contribution in [0.1, 0.15) is 30.5 Å². The normalized spacial score (nSPS) is 11.4. The fourth-order valence-electron chi connectivity index (χ4n) is 3.15. The Morgan fingerprint density at radius 3 is 2.03 bits per heavy atom. The van der Waals surface area contributed by atoms with Gasteiger partial charge < -0.3 is 4.74 Å². The van der Waals surface area contributed by atoms with Gasteiger partial charge in [-0.3, -0.25) is 0 Å². The number of hydrogen-bond acceptors (Lipinski definition) is 4. The third-order valence-electron chi connectivity index (χ3n) is 4.99. The minimum atomic E-state index is -0.559. The molecule has 2 aromatic carbocycles. The van der Waals surface area contributed by atoms with Crippen molar-refractivity contribution in [3.8, 4) is 17.3 Å². The molecule has 0 saturated heterocycles. The summed E-state index contributed by atoms with van der Waals surface area (Å²) < 4.78 is 20.1. The summed E-state index contributed by atoms with van der Waals surface area (Å²) in [4.78, 5) is 5.18. The Labute approximate surface area is 168 Å². The Balaban J connectivity index is 1.52. The monoisotopic (exact) mass is 388 g/mol. The zero-order valence-electron chi connectivity index (χ0n) is 16.5. The first-order valence-corrected chi connectivity index (χ1v) is 9.31. The van der Waals surface area contributed by atoms with Gasteiger partial charge in [-0.15, -0.1) is 4.80 Å². The molecule has 146 valence electrons. The molecule has 0 aliphatic carbocycles. The lowest BCUT2D eigenvalue weighted by molar-refractivity contribution is 0.470. The summed E-state index contributed by atoms with van der Waals surface area (Å²) in [6.45, 7) is 6.46. The van der Waals surface area contributed by atoms with Crippen molar-refractivity contribution < 1.29 is 9.13 Å². The molecule has 0 amide bonds. The van der Waals surface area contributed by atoms with Gasteiger partial charge in [0.15, 0.2) is 5.82 Å². The minimum absolute atomic E-state index is 0.0255. The van der Waals surface area contributed by atoms with Gasteiger partial charge in [0.1, 0.15) is 11.5 Å². The first-order valence-electron chi connectivity index (χ1n) is 9.31. The predicted molar refractivity (Wildman–Crippen MR) is 109 cm³/mol. The highest BCUT2D eigenvalue weighted by molar-refractivity contribution is 5.42. The van der Waals surface area contributed by atoms with E-state index in [0.717, 1.165) is 10.4 Å². The maximum Gasteiger partial charge on any atom is 0.210 e. The van der Waals surface area contributed by atoms with E-state index < -0.39 is 5.82 Å². The van der Waals surface area contributed by atoms with E-state index in [1.165, 1.54) is 35.8 Å². The summed E-state index contributed by atoms with van der Waals surface area (Å²) in [5.41, 5.74) is 3.51. The molecule has 0 unspecified atom stereocenters. The average Bonchev–Trinajstić information content (AvgIpc) is 3.23. The van der Waals surface area contributed by atoms with Crippen LogP contribution in [0.15, 0.2) is 73.2 Å². The highest BCUT2D eigenvalue weighted by Crippen LogP contribution is 2.33. The summed E-state index contributed by atoms with van der Waals surface area (Å²) >= 11 is 0. The minimum Gasteiger partial charge on any atom is -0.456 e. The zero-order chi connectivity index (χ0) is 20.4. The summed E-state index contributed by atoms with van der Waals surface area (Å²) in [5.74, 6) is 0.386. The molecule has 0 bridgehead atoms. The summed E-state index contributed by atoms with van der Waals surface area (Å²) in [5, 5.41) is 7.77. The lowest BCUT2D eigenvalue weighted by Crippen LogP contribution is -2.18. The van der Waals surface area contributed by atoms with Gasteiger partial charge in [-0.25, -0.2) is 9.37 Å². The van der Waals surface area contributed by atoms with Crippen LogP contribution in [0, 0.1) is 12.7 Å². The second-order valence-corrected chi connectivity index (χ2v) is 7.41. The highest BCUT2D eigenvalue weighted by Gasteiger charge is 2.23. The van der Waals surface area contributed by atoms with E-state index in [4.69, 9.17) is 4.74 Å². The molecule has 0 spiro atoms. The third-order valence-corrected chi connectivity index (χ3v) is 4.99. The first kappa shape index (κ1) is 18.8. The van der Waals surface area contributed by atoms with Crippen LogP contribution in [0.4, 0.5) is 4.39 Å². The molecule has 0 N–H and O–H groups in total. The van der Waals surface area contributed by atoms with Crippen LogP contribution >= 0.6 is 0 Å². The van der Waals surface area contributed by atoms with Crippen molar-refractivity contribution in [3.63, 3.8) is 0 Å². The van der Waals surface area contributed by atoms with Crippen molar-refractivity contribution in [1.82, 2.24) is 20.0 Å². The Kier molecular flexibility index (Phi) is 4.84. The maximum atomic E-state index is 14.3. The van der Waals surface area contributed by atoms with Gasteiger partial charge in [0.05, 0.1) is 18.6 Å². The molecule has 4 aromatic rings. The Morgan fingerprint density at radius 1 is 0.862 bits per heavy atom. The van der Waals surface area contributed by atoms with E-state index in [1.54, 1.807) is 0 Å². The third kappa shape index (κ3) is 3.87. The van der Waals surface area contributed by atoms with Gasteiger partial charge in [-0.05, 0) is 30.2 Å². The second-order valence-electron chi connectivity index (χ2n) is 7.41. The number of pyridine rings is 1. The van der Waals surface area contributed by atoms with Crippen LogP contribution in [0.5, 0.6) is 11.5 Å². The number of benzene rings is 2. The molecule has 5 nitrogen and oxygen atoms in total. The van der Waals surface area contributed by atoms with Crippen molar-refractivity contribution in [2.24, 2.45) is 0 Å². The van der Waals surface area contributed by atoms with Crippen LogP contribution < -0.4 is 4.74 Å². The lowest BCUT2D eigenvalue weighted by atomic mass is 9.78. The fourth-order valence-corrected chi connectivity index (χ4v) is 3.15. The number of aromatic nitrogens is 4. The van der Waals surface area contributed by atoms with E-state index in [2.05, 4.69) is 60.2 Å². The zero-order valence-corrected chi connectivity index (χ0v) is 16.5. The van der Waals surface area contributed by atoms with Crippen LogP contribution in [0.2, 0.25) is 0 Å². The van der Waals surface area contributed by atoms with Gasteiger partial charge in [0.2, 0.25) is 5.82 Å². The smallest absolute Gasteiger partial charge is 0.210 e. The largest absolute Gasteiger partial charge is 0.456 e. The molecular formula is C23H21FN4O. The van der Waals surface area contributed by atoms with Crippen molar-refractivity contribution in [1.29, 1.82) is 0 Å². The number of rotatable bonds is 5. The molecule has 0 atom stereocenters. The first-order chi connectivity index (χ1) is 13.9. The number of ether oxygens (including phenoxy) is 1. The fraction of sp³-hybridized carbons (Fsp3) is 0.174. The molecule has 0 saturated carbocycles. The predicted octanol–water partition coefficient (Wildman–Crippen LogP) is 5.23. The van der Waals surface area contributed by atoms with Gasteiger partial charge in [-0.2, -0.15) is 10.2 Å². The number of hydrogen-bond donors (Lipinski definition) is 0. The molecular weight excluding hydrogens is 367 g/mol. The van der Waals surface area contributed by atoms with Crippen LogP contribution in [0.25, 0.3) is 5.82 Å². The standard InChI is InChI=1S/C23H21FN4O/c1-16-4-6-17(7-5-16)23(2,3)18-8-10-19(11-9-18)29-20-14-21(24)22(25-15-20)28-26-12-13-27-28/h4-15H,1-3H3. The van der Waals surface area contributed by atoms with E-state index in [-0.39, 0.29) is 11.2 Å². The van der Waals surface area contributed by atoms with E-state index in [1.807, 2.05) is 24.3 Å². The molecule has 0 aliphatic heterocycles. The molecule has 2 heterocycles. The summed E-state index contributed by atoms with van der Waals surface area (Å²) in [6.07, 6.45) is 4.38. The van der Waals surface area contributed by atoms with Crippen molar-refractivity contribution in [2.45, 2.75) is 26.2 Å². The second kappa shape index (κ2) is 7.47. The topological polar surface area (TPSA) is 52.8 Å². The maximum absolute atomic E-state index is 14.3. The molecule has 0 fully saturated rings. The van der Waals surface area contributed by atoms with Crippen LogP contribution in [-0.2, 0) is 5.41 Å². The number of halogens is 1. The van der Waals surface area contributed by atoms with E-state index >= 15 is 0 Å². The Bertz CT molecular complexity index is 1100. The van der Waals surface area contributed by atoms with Gasteiger partial charge in [0.25, 0.3) is 0 Å². The van der Waals surface area contributed by atoms with Crippen LogP contribution in [-0.4, -0.2) is 20.0 Å². The molecule has 2 aromatic heterocycles. The summed E-state index contributed by atoms with van der Waals surface area (Å²) in [7, 11) is 0. The summed E-state index contributed by atoms with van der Waals surface area (Å²) in [6, 6.07) is 17.7. The van der Waals surface area contributed by atoms with Crippen LogP contribution in [0.3, 0.4) is 0 Å². The quantitative estimate of drug-likeness (QED) is 0.470. The number of aryl methyl sites for hydroxylation is 1. The molecule has 6 heteroatoms. The molecule has 4 rings (SSSR count). The molecule has 29 heavy (non-hydrogen) atoms. The average molecular weight is 388 g/mol. The van der Waals surface area contributed by atoms with Gasteiger partial charge in [0, 0.05) is 11.5 Å².